The predicted octanol–water partition coefficient (Wildman–Crippen LogP) is 2.78. The molecule has 0 bridgehead atoms. The quantitative estimate of drug-likeness (QED) is 0.629. The van der Waals surface area contributed by atoms with Crippen LogP contribution in [0.15, 0.2) is 18.2 Å². The average molecular weight is 290 g/mol. The van der Waals surface area contributed by atoms with E-state index in [1.807, 2.05) is 6.07 Å². The van der Waals surface area contributed by atoms with E-state index in [0.717, 1.165) is 17.9 Å². The minimum absolute atomic E-state index is 0.366. The van der Waals surface area contributed by atoms with Crippen LogP contribution in [-0.4, -0.2) is 11.2 Å². The molecule has 1 heterocycles. The van der Waals surface area contributed by atoms with Crippen molar-refractivity contribution < 1.29 is 9.47 Å². The maximum atomic E-state index is 5.29. The van der Waals surface area contributed by atoms with Gasteiger partial charge in [0.05, 0.1) is 0 Å². The Bertz CT molecular complexity index is 299. The predicted molar refractivity (Wildman–Crippen MR) is 59.8 cm³/mol. The highest BCUT2D eigenvalue weighted by atomic mass is 127. The zero-order valence-electron chi connectivity index (χ0n) is 7.25. The summed E-state index contributed by atoms with van der Waals surface area (Å²) in [6.45, 7) is 0.366. The van der Waals surface area contributed by atoms with Gasteiger partial charge in [0.1, 0.15) is 0 Å². The molecule has 1 aliphatic heterocycles. The second kappa shape index (κ2) is 4.17. The van der Waals surface area contributed by atoms with Gasteiger partial charge in [-0.1, -0.05) is 28.7 Å². The van der Waals surface area contributed by atoms with Crippen molar-refractivity contribution in [1.29, 1.82) is 0 Å². The van der Waals surface area contributed by atoms with Crippen LogP contribution in [0.4, 0.5) is 0 Å². The van der Waals surface area contributed by atoms with Gasteiger partial charge in [0.25, 0.3) is 0 Å². The van der Waals surface area contributed by atoms with E-state index in [0.29, 0.717) is 6.79 Å². The smallest absolute Gasteiger partial charge is 0.231 e. The first-order valence-corrected chi connectivity index (χ1v) is 5.87. The molecule has 0 aliphatic carbocycles. The van der Waals surface area contributed by atoms with Crippen LogP contribution in [0.3, 0.4) is 0 Å². The number of halogens is 1. The molecule has 2 rings (SSSR count). The molecule has 0 atom stereocenters. The maximum Gasteiger partial charge on any atom is 0.231 e. The van der Waals surface area contributed by atoms with Crippen LogP contribution >= 0.6 is 22.6 Å². The van der Waals surface area contributed by atoms with Gasteiger partial charge in [0.2, 0.25) is 6.79 Å². The van der Waals surface area contributed by atoms with E-state index >= 15 is 0 Å². The summed E-state index contributed by atoms with van der Waals surface area (Å²) in [4.78, 5) is 0. The van der Waals surface area contributed by atoms with Gasteiger partial charge < -0.3 is 9.47 Å². The third-order valence-corrected chi connectivity index (χ3v) is 2.80. The normalized spacial score (nSPS) is 13.3. The molecule has 0 spiro atoms. The molecule has 0 radical (unpaired) electrons. The van der Waals surface area contributed by atoms with Crippen LogP contribution in [0.1, 0.15) is 12.0 Å². The Kier molecular flexibility index (Phi) is 2.93. The Morgan fingerprint density at radius 1 is 1.23 bits per heavy atom. The maximum absolute atomic E-state index is 5.29. The number of hydrogen-bond donors (Lipinski definition) is 0. The fraction of sp³-hybridized carbons (Fsp3) is 0.400. The second-order valence-electron chi connectivity index (χ2n) is 2.98. The molecule has 0 fully saturated rings. The van der Waals surface area contributed by atoms with Gasteiger partial charge in [0, 0.05) is 0 Å². The van der Waals surface area contributed by atoms with Gasteiger partial charge >= 0.3 is 0 Å². The largest absolute Gasteiger partial charge is 0.454 e. The first-order valence-electron chi connectivity index (χ1n) is 4.34. The Morgan fingerprint density at radius 2 is 2.08 bits per heavy atom. The van der Waals surface area contributed by atoms with Crippen molar-refractivity contribution >= 4 is 22.6 Å². The van der Waals surface area contributed by atoms with Crippen molar-refractivity contribution in [2.45, 2.75) is 12.8 Å². The molecular weight excluding hydrogens is 279 g/mol. The summed E-state index contributed by atoms with van der Waals surface area (Å²) in [6.07, 6.45) is 2.35. The molecule has 0 saturated carbocycles. The highest BCUT2D eigenvalue weighted by Gasteiger charge is 2.12. The van der Waals surface area contributed by atoms with Crippen molar-refractivity contribution in [2.24, 2.45) is 0 Å². The van der Waals surface area contributed by atoms with Gasteiger partial charge in [0.15, 0.2) is 11.5 Å². The summed E-state index contributed by atoms with van der Waals surface area (Å²) in [5, 5.41) is 0. The Labute approximate surface area is 91.4 Å². The summed E-state index contributed by atoms with van der Waals surface area (Å²) in [5.41, 5.74) is 1.33. The van der Waals surface area contributed by atoms with Gasteiger partial charge in [-0.3, -0.25) is 0 Å². The van der Waals surface area contributed by atoms with E-state index < -0.39 is 0 Å². The Balaban J connectivity index is 2.12. The number of fused-ring (bicyclic) bond motifs is 1. The van der Waals surface area contributed by atoms with E-state index in [1.54, 1.807) is 0 Å². The van der Waals surface area contributed by atoms with E-state index in [9.17, 15) is 0 Å². The van der Waals surface area contributed by atoms with Gasteiger partial charge in [-0.05, 0) is 35.0 Å². The lowest BCUT2D eigenvalue weighted by Gasteiger charge is -2.00. The van der Waals surface area contributed by atoms with Crippen LogP contribution in [-0.2, 0) is 6.42 Å². The molecular formula is C10H11IO2. The summed E-state index contributed by atoms with van der Waals surface area (Å²) >= 11 is 2.40. The zero-order valence-corrected chi connectivity index (χ0v) is 9.41. The van der Waals surface area contributed by atoms with Crippen LogP contribution in [0.25, 0.3) is 0 Å². The molecule has 0 unspecified atom stereocenters. The summed E-state index contributed by atoms with van der Waals surface area (Å²) in [5.74, 6) is 1.77. The standard InChI is InChI=1S/C10H11IO2/c11-5-1-2-8-3-4-9-10(6-8)13-7-12-9/h3-4,6H,1-2,5,7H2. The fourth-order valence-corrected chi connectivity index (χ4v) is 1.75. The first-order chi connectivity index (χ1) is 6.40. The fourth-order valence-electron chi connectivity index (χ4n) is 1.37. The first kappa shape index (κ1) is 9.12. The van der Waals surface area contributed by atoms with Crippen molar-refractivity contribution in [3.8, 4) is 11.5 Å². The van der Waals surface area contributed by atoms with Crippen molar-refractivity contribution in [3.05, 3.63) is 23.8 Å². The number of benzene rings is 1. The van der Waals surface area contributed by atoms with E-state index in [-0.39, 0.29) is 0 Å². The van der Waals surface area contributed by atoms with Crippen molar-refractivity contribution in [3.63, 3.8) is 0 Å². The molecule has 0 saturated heterocycles. The van der Waals surface area contributed by atoms with Gasteiger partial charge in [-0.15, -0.1) is 0 Å². The number of hydrogen-bond acceptors (Lipinski definition) is 2. The zero-order chi connectivity index (χ0) is 9.10. The van der Waals surface area contributed by atoms with Crippen LogP contribution in [0.2, 0.25) is 0 Å². The SMILES string of the molecule is ICCCc1ccc2c(c1)OCO2. The molecule has 13 heavy (non-hydrogen) atoms. The van der Waals surface area contributed by atoms with Crippen molar-refractivity contribution in [2.75, 3.05) is 11.2 Å². The molecule has 1 aliphatic rings. The molecule has 70 valence electrons. The molecule has 0 amide bonds. The number of alkyl halides is 1. The molecule has 2 nitrogen and oxygen atoms in total. The molecule has 3 heteroatoms. The van der Waals surface area contributed by atoms with Gasteiger partial charge in [-0.2, -0.15) is 0 Å². The van der Waals surface area contributed by atoms with E-state index in [1.165, 1.54) is 16.4 Å². The lowest BCUT2D eigenvalue weighted by molar-refractivity contribution is 0.174. The minimum atomic E-state index is 0.366. The average Bonchev–Trinajstić information content (AvgIpc) is 2.61. The third kappa shape index (κ3) is 2.07. The monoisotopic (exact) mass is 290 g/mol. The summed E-state index contributed by atoms with van der Waals surface area (Å²) in [6, 6.07) is 6.18. The number of ether oxygens (including phenoxy) is 2. The van der Waals surface area contributed by atoms with Crippen LogP contribution < -0.4 is 9.47 Å². The lowest BCUT2D eigenvalue weighted by Crippen LogP contribution is -1.93. The minimum Gasteiger partial charge on any atom is -0.454 e. The molecule has 1 aromatic rings. The lowest BCUT2D eigenvalue weighted by atomic mass is 10.1. The van der Waals surface area contributed by atoms with Crippen molar-refractivity contribution in [1.82, 2.24) is 0 Å². The van der Waals surface area contributed by atoms with Crippen LogP contribution in [0, 0.1) is 0 Å². The van der Waals surface area contributed by atoms with Crippen LogP contribution in [0.5, 0.6) is 11.5 Å². The second-order valence-corrected chi connectivity index (χ2v) is 4.06. The topological polar surface area (TPSA) is 18.5 Å². The molecule has 0 aromatic heterocycles. The van der Waals surface area contributed by atoms with E-state index in [4.69, 9.17) is 9.47 Å². The molecule has 1 aromatic carbocycles. The van der Waals surface area contributed by atoms with Gasteiger partial charge in [-0.25, -0.2) is 0 Å². The Morgan fingerprint density at radius 3 is 2.92 bits per heavy atom. The summed E-state index contributed by atoms with van der Waals surface area (Å²) < 4.78 is 11.7. The number of aryl methyl sites for hydroxylation is 1. The van der Waals surface area contributed by atoms with E-state index in [2.05, 4.69) is 34.7 Å². The third-order valence-electron chi connectivity index (χ3n) is 2.04. The Hall–Kier alpha value is -0.450. The number of rotatable bonds is 3. The highest BCUT2D eigenvalue weighted by Crippen LogP contribution is 2.32. The summed E-state index contributed by atoms with van der Waals surface area (Å²) in [7, 11) is 0. The highest BCUT2D eigenvalue weighted by molar-refractivity contribution is 14.1. The molecule has 0 N–H and O–H groups in total.